The predicted octanol–water partition coefficient (Wildman–Crippen LogP) is 0.166. The van der Waals surface area contributed by atoms with Crippen molar-refractivity contribution < 1.29 is 4.74 Å². The number of rotatable bonds is 3. The molecular weight excluding hydrogens is 170 g/mol. The molecule has 0 saturated carbocycles. The van der Waals surface area contributed by atoms with Crippen LogP contribution in [0.5, 0.6) is 5.88 Å². The van der Waals surface area contributed by atoms with Gasteiger partial charge in [-0.25, -0.2) is 4.68 Å². The monoisotopic (exact) mass is 179 g/mol. The SMILES string of the molecule is COc1ccc(=O)n(CCC#N)n1. The highest BCUT2D eigenvalue weighted by molar-refractivity contribution is 5.05. The van der Waals surface area contributed by atoms with Crippen LogP contribution in [0.2, 0.25) is 0 Å². The topological polar surface area (TPSA) is 67.9 Å². The zero-order valence-electron chi connectivity index (χ0n) is 7.23. The van der Waals surface area contributed by atoms with E-state index in [1.807, 2.05) is 6.07 Å². The van der Waals surface area contributed by atoms with Crippen LogP contribution in [0.3, 0.4) is 0 Å². The molecule has 0 N–H and O–H groups in total. The molecule has 13 heavy (non-hydrogen) atoms. The number of hydrogen-bond donors (Lipinski definition) is 0. The van der Waals surface area contributed by atoms with Gasteiger partial charge in [0.1, 0.15) is 0 Å². The van der Waals surface area contributed by atoms with E-state index in [4.69, 9.17) is 10.00 Å². The second-order valence-corrected chi connectivity index (χ2v) is 2.35. The van der Waals surface area contributed by atoms with Crippen molar-refractivity contribution in [3.8, 4) is 11.9 Å². The minimum Gasteiger partial charge on any atom is -0.480 e. The molecule has 0 aromatic carbocycles. The van der Waals surface area contributed by atoms with Gasteiger partial charge in [-0.05, 0) is 0 Å². The molecule has 0 fully saturated rings. The van der Waals surface area contributed by atoms with Gasteiger partial charge in [0, 0.05) is 12.1 Å². The summed E-state index contributed by atoms with van der Waals surface area (Å²) in [5.74, 6) is 0.373. The Bertz CT molecular complexity index is 378. The average molecular weight is 179 g/mol. The summed E-state index contributed by atoms with van der Waals surface area (Å²) in [6, 6.07) is 4.80. The molecule has 1 heterocycles. The van der Waals surface area contributed by atoms with Crippen LogP contribution in [0.1, 0.15) is 6.42 Å². The first kappa shape index (κ1) is 9.26. The van der Waals surface area contributed by atoms with Crippen LogP contribution in [0.4, 0.5) is 0 Å². The quantitative estimate of drug-likeness (QED) is 0.663. The Kier molecular flexibility index (Phi) is 3.03. The second kappa shape index (κ2) is 4.26. The van der Waals surface area contributed by atoms with Crippen molar-refractivity contribution in [2.75, 3.05) is 7.11 Å². The van der Waals surface area contributed by atoms with Gasteiger partial charge in [0.15, 0.2) is 0 Å². The summed E-state index contributed by atoms with van der Waals surface area (Å²) in [4.78, 5) is 11.1. The number of aromatic nitrogens is 2. The third kappa shape index (κ3) is 2.30. The van der Waals surface area contributed by atoms with Gasteiger partial charge < -0.3 is 4.74 Å². The molecule has 0 aliphatic rings. The third-order valence-electron chi connectivity index (χ3n) is 1.49. The number of nitrogens with zero attached hydrogens (tertiary/aromatic N) is 3. The maximum Gasteiger partial charge on any atom is 0.267 e. The van der Waals surface area contributed by atoms with Crippen LogP contribution in [-0.4, -0.2) is 16.9 Å². The molecule has 1 rings (SSSR count). The summed E-state index contributed by atoms with van der Waals surface area (Å²) in [5.41, 5.74) is -0.226. The van der Waals surface area contributed by atoms with Crippen molar-refractivity contribution in [3.63, 3.8) is 0 Å². The van der Waals surface area contributed by atoms with Gasteiger partial charge in [-0.15, -0.1) is 5.10 Å². The highest BCUT2D eigenvalue weighted by Crippen LogP contribution is 1.99. The molecule has 1 aromatic rings. The van der Waals surface area contributed by atoms with E-state index in [1.54, 1.807) is 0 Å². The largest absolute Gasteiger partial charge is 0.480 e. The van der Waals surface area contributed by atoms with Crippen molar-refractivity contribution in [2.45, 2.75) is 13.0 Å². The fourth-order valence-corrected chi connectivity index (χ4v) is 0.855. The van der Waals surface area contributed by atoms with Crippen molar-refractivity contribution in [1.29, 1.82) is 5.26 Å². The van der Waals surface area contributed by atoms with E-state index < -0.39 is 0 Å². The van der Waals surface area contributed by atoms with E-state index in [-0.39, 0.29) is 12.0 Å². The van der Waals surface area contributed by atoms with E-state index >= 15 is 0 Å². The first-order valence-corrected chi connectivity index (χ1v) is 3.77. The molecule has 0 atom stereocenters. The van der Waals surface area contributed by atoms with Crippen LogP contribution in [0.15, 0.2) is 16.9 Å². The van der Waals surface area contributed by atoms with Gasteiger partial charge in [0.2, 0.25) is 5.88 Å². The van der Waals surface area contributed by atoms with E-state index in [2.05, 4.69) is 5.10 Å². The zero-order chi connectivity index (χ0) is 9.68. The van der Waals surface area contributed by atoms with Crippen molar-refractivity contribution in [3.05, 3.63) is 22.5 Å². The Hall–Kier alpha value is -1.83. The fourth-order valence-electron chi connectivity index (χ4n) is 0.855. The Morgan fingerprint density at radius 1 is 1.69 bits per heavy atom. The molecule has 0 saturated heterocycles. The number of hydrogen-bond acceptors (Lipinski definition) is 4. The maximum atomic E-state index is 11.1. The minimum absolute atomic E-state index is 0.226. The summed E-state index contributed by atoms with van der Waals surface area (Å²) in [6.45, 7) is 0.298. The van der Waals surface area contributed by atoms with Crippen molar-refractivity contribution in [1.82, 2.24) is 9.78 Å². The van der Waals surface area contributed by atoms with Gasteiger partial charge in [0.05, 0.1) is 26.1 Å². The maximum absolute atomic E-state index is 11.1. The highest BCUT2D eigenvalue weighted by atomic mass is 16.5. The minimum atomic E-state index is -0.226. The molecule has 1 aromatic heterocycles. The summed E-state index contributed by atoms with van der Waals surface area (Å²) in [6.07, 6.45) is 0.264. The van der Waals surface area contributed by atoms with E-state index in [1.165, 1.54) is 23.9 Å². The molecular formula is C8H9N3O2. The van der Waals surface area contributed by atoms with Crippen molar-refractivity contribution >= 4 is 0 Å². The predicted molar refractivity (Wildman–Crippen MR) is 45.3 cm³/mol. The lowest BCUT2D eigenvalue weighted by molar-refractivity contribution is 0.376. The lowest BCUT2D eigenvalue weighted by Gasteiger charge is -2.02. The Labute approximate surface area is 75.2 Å². The Morgan fingerprint density at radius 2 is 2.46 bits per heavy atom. The summed E-state index contributed by atoms with van der Waals surface area (Å²) >= 11 is 0. The van der Waals surface area contributed by atoms with Crippen LogP contribution in [0, 0.1) is 11.3 Å². The molecule has 0 bridgehead atoms. The van der Waals surface area contributed by atoms with Gasteiger partial charge in [-0.1, -0.05) is 0 Å². The van der Waals surface area contributed by atoms with Gasteiger partial charge in [-0.3, -0.25) is 4.79 Å². The number of ether oxygens (including phenoxy) is 1. The Balaban J connectivity index is 2.92. The molecule has 5 nitrogen and oxygen atoms in total. The second-order valence-electron chi connectivity index (χ2n) is 2.35. The molecule has 0 radical (unpaired) electrons. The number of nitriles is 1. The van der Waals surface area contributed by atoms with Crippen LogP contribution < -0.4 is 10.3 Å². The first-order chi connectivity index (χ1) is 6.27. The van der Waals surface area contributed by atoms with E-state index in [0.29, 0.717) is 12.4 Å². The zero-order valence-corrected chi connectivity index (χ0v) is 7.23. The fraction of sp³-hybridized carbons (Fsp3) is 0.375. The summed E-state index contributed by atoms with van der Waals surface area (Å²) < 4.78 is 6.05. The smallest absolute Gasteiger partial charge is 0.267 e. The van der Waals surface area contributed by atoms with E-state index in [9.17, 15) is 4.79 Å². The molecule has 0 unspecified atom stereocenters. The van der Waals surface area contributed by atoms with Crippen LogP contribution in [-0.2, 0) is 6.54 Å². The first-order valence-electron chi connectivity index (χ1n) is 3.77. The van der Waals surface area contributed by atoms with Gasteiger partial charge in [-0.2, -0.15) is 5.26 Å². The standard InChI is InChI=1S/C8H9N3O2/c1-13-7-3-4-8(12)11(10-7)6-2-5-9/h3-4H,2,6H2,1H3. The molecule has 5 heteroatoms. The Morgan fingerprint density at radius 3 is 3.08 bits per heavy atom. The molecule has 0 spiro atoms. The molecule has 68 valence electrons. The van der Waals surface area contributed by atoms with Gasteiger partial charge >= 0.3 is 0 Å². The highest BCUT2D eigenvalue weighted by Gasteiger charge is 1.98. The summed E-state index contributed by atoms with van der Waals surface area (Å²) in [5, 5.41) is 12.2. The lowest BCUT2D eigenvalue weighted by Crippen LogP contribution is -2.21. The van der Waals surface area contributed by atoms with Crippen molar-refractivity contribution in [2.24, 2.45) is 0 Å². The molecule has 0 amide bonds. The van der Waals surface area contributed by atoms with Crippen LogP contribution >= 0.6 is 0 Å². The van der Waals surface area contributed by atoms with Crippen LogP contribution in [0.25, 0.3) is 0 Å². The molecule has 0 aliphatic carbocycles. The number of methoxy groups -OCH3 is 1. The summed E-state index contributed by atoms with van der Waals surface area (Å²) in [7, 11) is 1.47. The lowest BCUT2D eigenvalue weighted by atomic mass is 10.4. The van der Waals surface area contributed by atoms with E-state index in [0.717, 1.165) is 0 Å². The number of aryl methyl sites for hydroxylation is 1. The average Bonchev–Trinajstić information content (AvgIpc) is 2.17. The third-order valence-corrected chi connectivity index (χ3v) is 1.49. The van der Waals surface area contributed by atoms with Gasteiger partial charge in [0.25, 0.3) is 5.56 Å². The molecule has 0 aliphatic heterocycles. The normalized spacial score (nSPS) is 9.23.